The van der Waals surface area contributed by atoms with Gasteiger partial charge in [-0.1, -0.05) is 12.8 Å². The van der Waals surface area contributed by atoms with Gasteiger partial charge in [0.25, 0.3) is 0 Å². The van der Waals surface area contributed by atoms with Crippen LogP contribution in [0.3, 0.4) is 0 Å². The van der Waals surface area contributed by atoms with Gasteiger partial charge < -0.3 is 10.6 Å². The van der Waals surface area contributed by atoms with Crippen LogP contribution in [0, 0.1) is 17.8 Å². The fraction of sp³-hybridized carbons (Fsp3) is 0.917. The molecule has 6 N–H and O–H groups in total. The maximum absolute atomic E-state index is 12.4. The third-order valence-corrected chi connectivity index (χ3v) is 8.04. The molecule has 5 unspecified atom stereocenters. The standard InChI is InChI=1S/C24H41F3N6O4/c25-24(26,27)36-16-11-9-15(10-12-16)21-30-20(37-33-21)8-3-7-19(34)28-13-4-14-29-22-17-5-1-2-6-18(17)23(35)32-31-22/h15-18,20-22,29-31,33H,1-14H2,(H,28,34)(H,32,35). The average Bonchev–Trinajstić information content (AvgIpc) is 3.34. The Kier molecular flexibility index (Phi) is 10.4. The molecule has 13 heteroatoms. The van der Waals surface area contributed by atoms with Crippen molar-refractivity contribution >= 4 is 11.8 Å². The smallest absolute Gasteiger partial charge is 0.356 e. The molecule has 10 nitrogen and oxygen atoms in total. The van der Waals surface area contributed by atoms with Crippen LogP contribution in [0.4, 0.5) is 13.2 Å². The molecule has 4 aliphatic rings. The van der Waals surface area contributed by atoms with E-state index in [1.807, 2.05) is 0 Å². The first kappa shape index (κ1) is 28.5. The van der Waals surface area contributed by atoms with Crippen LogP contribution in [-0.4, -0.2) is 55.9 Å². The monoisotopic (exact) mass is 534 g/mol. The highest BCUT2D eigenvalue weighted by atomic mass is 19.4. The van der Waals surface area contributed by atoms with Crippen molar-refractivity contribution in [1.29, 1.82) is 0 Å². The van der Waals surface area contributed by atoms with Gasteiger partial charge in [-0.2, -0.15) is 5.48 Å². The molecule has 4 rings (SSSR count). The largest absolute Gasteiger partial charge is 0.522 e. The van der Waals surface area contributed by atoms with Crippen molar-refractivity contribution in [3.05, 3.63) is 0 Å². The van der Waals surface area contributed by atoms with Crippen molar-refractivity contribution in [3.8, 4) is 0 Å². The molecule has 0 aromatic heterocycles. The molecule has 0 aromatic rings. The number of alkyl halides is 3. The van der Waals surface area contributed by atoms with Gasteiger partial charge in [0.15, 0.2) is 0 Å². The first-order valence-corrected chi connectivity index (χ1v) is 13.8. The Hall–Kier alpha value is -1.51. The van der Waals surface area contributed by atoms with Crippen molar-refractivity contribution in [3.63, 3.8) is 0 Å². The molecule has 2 aliphatic carbocycles. The molecular weight excluding hydrogens is 493 g/mol. The van der Waals surface area contributed by atoms with Gasteiger partial charge in [0.2, 0.25) is 11.8 Å². The number of hydrazine groups is 1. The van der Waals surface area contributed by atoms with E-state index in [0.717, 1.165) is 38.6 Å². The molecule has 2 saturated carbocycles. The summed E-state index contributed by atoms with van der Waals surface area (Å²) >= 11 is 0. The summed E-state index contributed by atoms with van der Waals surface area (Å²) in [5, 5.41) is 9.77. The lowest BCUT2D eigenvalue weighted by atomic mass is 9.76. The van der Waals surface area contributed by atoms with Crippen LogP contribution in [0.15, 0.2) is 0 Å². The Bertz CT molecular complexity index is 752. The number of nitrogens with one attached hydrogen (secondary N) is 6. The van der Waals surface area contributed by atoms with E-state index in [1.165, 1.54) is 0 Å². The van der Waals surface area contributed by atoms with E-state index < -0.39 is 12.5 Å². The zero-order valence-electron chi connectivity index (χ0n) is 21.2. The van der Waals surface area contributed by atoms with Gasteiger partial charge in [-0.15, -0.1) is 13.2 Å². The molecule has 0 bridgehead atoms. The molecule has 0 radical (unpaired) electrons. The van der Waals surface area contributed by atoms with Crippen LogP contribution in [0.1, 0.15) is 77.0 Å². The van der Waals surface area contributed by atoms with Crippen molar-refractivity contribution in [2.45, 2.75) is 108 Å². The van der Waals surface area contributed by atoms with Crippen LogP contribution in [0.2, 0.25) is 0 Å². The lowest BCUT2D eigenvalue weighted by Gasteiger charge is -2.41. The van der Waals surface area contributed by atoms with E-state index in [4.69, 9.17) is 4.84 Å². The molecule has 5 atom stereocenters. The Balaban J connectivity index is 1.02. The zero-order chi connectivity index (χ0) is 26.3. The van der Waals surface area contributed by atoms with Gasteiger partial charge in [-0.05, 0) is 70.3 Å². The molecule has 0 aromatic carbocycles. The van der Waals surface area contributed by atoms with Gasteiger partial charge in [-0.25, -0.2) is 5.43 Å². The number of rotatable bonds is 11. The fourth-order valence-electron chi connectivity index (χ4n) is 6.07. The molecule has 2 saturated heterocycles. The van der Waals surface area contributed by atoms with Crippen LogP contribution in [0.5, 0.6) is 0 Å². The number of carbonyl (C=O) groups is 2. The van der Waals surface area contributed by atoms with E-state index in [1.54, 1.807) is 0 Å². The highest BCUT2D eigenvalue weighted by Gasteiger charge is 2.40. The zero-order valence-corrected chi connectivity index (χ0v) is 21.2. The number of fused-ring (bicyclic) bond motifs is 1. The Morgan fingerprint density at radius 1 is 1.05 bits per heavy atom. The van der Waals surface area contributed by atoms with Gasteiger partial charge in [0, 0.05) is 24.8 Å². The van der Waals surface area contributed by atoms with E-state index >= 15 is 0 Å². The summed E-state index contributed by atoms with van der Waals surface area (Å²) in [6.45, 7) is 1.33. The van der Waals surface area contributed by atoms with Gasteiger partial charge in [-0.3, -0.25) is 29.9 Å². The number of ether oxygens (including phenoxy) is 1. The second-order valence-electron chi connectivity index (χ2n) is 10.7. The highest BCUT2D eigenvalue weighted by molar-refractivity contribution is 5.79. The summed E-state index contributed by atoms with van der Waals surface area (Å²) in [5.41, 5.74) is 8.84. The van der Waals surface area contributed by atoms with Crippen molar-refractivity contribution in [2.24, 2.45) is 17.8 Å². The second-order valence-corrected chi connectivity index (χ2v) is 10.7. The average molecular weight is 535 g/mol. The topological polar surface area (TPSA) is 125 Å². The Labute approximate surface area is 215 Å². The molecule has 4 fully saturated rings. The minimum Gasteiger partial charge on any atom is -0.356 e. The maximum atomic E-state index is 12.4. The van der Waals surface area contributed by atoms with Crippen LogP contribution < -0.4 is 32.3 Å². The van der Waals surface area contributed by atoms with E-state index in [-0.39, 0.29) is 42.2 Å². The molecule has 2 amide bonds. The lowest BCUT2D eigenvalue weighted by Crippen LogP contribution is -2.64. The highest BCUT2D eigenvalue weighted by Crippen LogP contribution is 2.34. The number of hydroxylamine groups is 1. The summed E-state index contributed by atoms with van der Waals surface area (Å²) in [6, 6.07) is 0. The Morgan fingerprint density at radius 3 is 2.62 bits per heavy atom. The third kappa shape index (κ3) is 8.75. The number of hydrogen-bond donors (Lipinski definition) is 6. The third-order valence-electron chi connectivity index (χ3n) is 8.04. The minimum atomic E-state index is -4.58. The van der Waals surface area contributed by atoms with Gasteiger partial charge in [0.1, 0.15) is 6.23 Å². The maximum Gasteiger partial charge on any atom is 0.522 e. The van der Waals surface area contributed by atoms with E-state index in [0.29, 0.717) is 57.4 Å². The summed E-state index contributed by atoms with van der Waals surface area (Å²) in [7, 11) is 0. The molecule has 37 heavy (non-hydrogen) atoms. The van der Waals surface area contributed by atoms with Crippen molar-refractivity contribution in [1.82, 2.24) is 32.3 Å². The summed E-state index contributed by atoms with van der Waals surface area (Å²) < 4.78 is 41.3. The van der Waals surface area contributed by atoms with Gasteiger partial charge in [0.05, 0.1) is 18.4 Å². The van der Waals surface area contributed by atoms with Crippen LogP contribution in [-0.2, 0) is 19.2 Å². The predicted molar refractivity (Wildman–Crippen MR) is 128 cm³/mol. The number of halogens is 3. The molecule has 212 valence electrons. The SMILES string of the molecule is O=C(CCCC1NC(C2CCC(OC(F)(F)F)CC2)NO1)NCCCNC1NNC(=O)C2CCCCC12. The normalized spacial score (nSPS) is 34.6. The fourth-order valence-corrected chi connectivity index (χ4v) is 6.07. The number of hydrogen-bond acceptors (Lipinski definition) is 8. The van der Waals surface area contributed by atoms with E-state index in [9.17, 15) is 22.8 Å². The summed E-state index contributed by atoms with van der Waals surface area (Å²) in [6.07, 6.45) is 3.19. The Morgan fingerprint density at radius 2 is 1.84 bits per heavy atom. The number of amides is 2. The number of carbonyl (C=O) groups excluding carboxylic acids is 2. The summed E-state index contributed by atoms with van der Waals surface area (Å²) in [5.74, 6) is 0.682. The lowest BCUT2D eigenvalue weighted by molar-refractivity contribution is -0.345. The second kappa shape index (κ2) is 13.5. The molecule has 2 aliphatic heterocycles. The van der Waals surface area contributed by atoms with Crippen molar-refractivity contribution < 1.29 is 32.3 Å². The quantitative estimate of drug-likeness (QED) is 0.222. The summed E-state index contributed by atoms with van der Waals surface area (Å²) in [4.78, 5) is 29.8. The van der Waals surface area contributed by atoms with Crippen LogP contribution >= 0.6 is 0 Å². The predicted octanol–water partition coefficient (Wildman–Crippen LogP) is 1.89. The molecule has 2 heterocycles. The minimum absolute atomic E-state index is 0.000826. The molecule has 0 spiro atoms. The first-order chi connectivity index (χ1) is 17.8. The molecular formula is C24H41F3N6O4. The van der Waals surface area contributed by atoms with Gasteiger partial charge >= 0.3 is 6.36 Å². The van der Waals surface area contributed by atoms with Crippen LogP contribution in [0.25, 0.3) is 0 Å². The van der Waals surface area contributed by atoms with Crippen molar-refractivity contribution in [2.75, 3.05) is 13.1 Å². The van der Waals surface area contributed by atoms with E-state index in [2.05, 4.69) is 37.0 Å². The first-order valence-electron chi connectivity index (χ1n) is 13.8.